The monoisotopic (exact) mass is 287 g/mol. The first kappa shape index (κ1) is 14.9. The summed E-state index contributed by atoms with van der Waals surface area (Å²) in [6.45, 7) is 0.0352. The van der Waals surface area contributed by atoms with Gasteiger partial charge in [-0.3, -0.25) is 5.32 Å². The van der Waals surface area contributed by atoms with Crippen LogP contribution >= 0.6 is 0 Å². The Balaban J connectivity index is 1.93. The van der Waals surface area contributed by atoms with Crippen LogP contribution in [0.15, 0.2) is 48.5 Å². The van der Waals surface area contributed by atoms with Crippen LogP contribution in [0.5, 0.6) is 5.75 Å². The summed E-state index contributed by atoms with van der Waals surface area (Å²) in [5.41, 5.74) is 2.05. The Bertz CT molecular complexity index is 598. The average molecular weight is 287 g/mol. The van der Waals surface area contributed by atoms with Gasteiger partial charge in [0.25, 0.3) is 0 Å². The summed E-state index contributed by atoms with van der Waals surface area (Å²) in [6, 6.07) is 14.4. The highest BCUT2D eigenvalue weighted by molar-refractivity contribution is 5.84. The number of hydrogen-bond donors (Lipinski definition) is 2. The predicted molar refractivity (Wildman–Crippen MR) is 79.2 cm³/mol. The molecule has 2 aromatic carbocycles. The maximum atomic E-state index is 11.7. The van der Waals surface area contributed by atoms with E-state index in [1.54, 1.807) is 18.2 Å². The van der Waals surface area contributed by atoms with Crippen molar-refractivity contribution in [1.29, 1.82) is 0 Å². The van der Waals surface area contributed by atoms with Gasteiger partial charge in [0, 0.05) is 11.3 Å². The lowest BCUT2D eigenvalue weighted by molar-refractivity contribution is 0.155. The fourth-order valence-corrected chi connectivity index (χ4v) is 1.86. The topological polar surface area (TPSA) is 67.8 Å². The number of methoxy groups -OCH3 is 1. The van der Waals surface area contributed by atoms with E-state index < -0.39 is 6.09 Å². The van der Waals surface area contributed by atoms with Gasteiger partial charge >= 0.3 is 6.09 Å². The van der Waals surface area contributed by atoms with Gasteiger partial charge in [-0.2, -0.15) is 0 Å². The normalized spacial score (nSPS) is 10.0. The van der Waals surface area contributed by atoms with E-state index in [0.29, 0.717) is 17.0 Å². The molecule has 0 radical (unpaired) electrons. The first-order chi connectivity index (χ1) is 10.2. The molecule has 0 atom stereocenters. The molecule has 0 saturated heterocycles. The number of anilines is 1. The molecule has 0 aliphatic carbocycles. The maximum absolute atomic E-state index is 11.7. The number of nitrogens with one attached hydrogen (secondary N) is 1. The number of amides is 1. The SMILES string of the molecule is COc1ccc(NC(=O)OCc2ccccc2)cc1CO. The first-order valence-electron chi connectivity index (χ1n) is 6.48. The van der Waals surface area contributed by atoms with Gasteiger partial charge in [-0.05, 0) is 23.8 Å². The first-order valence-corrected chi connectivity index (χ1v) is 6.48. The molecule has 0 saturated carbocycles. The van der Waals surface area contributed by atoms with E-state index in [2.05, 4.69) is 5.32 Å². The zero-order valence-electron chi connectivity index (χ0n) is 11.7. The largest absolute Gasteiger partial charge is 0.496 e. The molecule has 1 amide bonds. The van der Waals surface area contributed by atoms with E-state index in [-0.39, 0.29) is 13.2 Å². The predicted octanol–water partition coefficient (Wildman–Crippen LogP) is 2.94. The van der Waals surface area contributed by atoms with Crippen molar-refractivity contribution in [2.45, 2.75) is 13.2 Å². The molecule has 0 bridgehead atoms. The van der Waals surface area contributed by atoms with Gasteiger partial charge in [0.1, 0.15) is 12.4 Å². The van der Waals surface area contributed by atoms with E-state index in [4.69, 9.17) is 9.47 Å². The summed E-state index contributed by atoms with van der Waals surface area (Å²) in [4.78, 5) is 11.7. The summed E-state index contributed by atoms with van der Waals surface area (Å²) in [7, 11) is 1.52. The molecular formula is C16H17NO4. The molecule has 0 spiro atoms. The van der Waals surface area contributed by atoms with Gasteiger partial charge in [0.15, 0.2) is 0 Å². The van der Waals surface area contributed by atoms with Crippen molar-refractivity contribution in [2.75, 3.05) is 12.4 Å². The third-order valence-corrected chi connectivity index (χ3v) is 2.91. The fourth-order valence-electron chi connectivity index (χ4n) is 1.86. The molecule has 2 rings (SSSR count). The van der Waals surface area contributed by atoms with Gasteiger partial charge in [-0.25, -0.2) is 4.79 Å². The summed E-state index contributed by atoms with van der Waals surface area (Å²) < 4.78 is 10.2. The van der Waals surface area contributed by atoms with Gasteiger partial charge in [-0.1, -0.05) is 30.3 Å². The lowest BCUT2D eigenvalue weighted by Crippen LogP contribution is -2.13. The molecule has 0 aliphatic rings. The van der Waals surface area contributed by atoms with Crippen LogP contribution in [0.25, 0.3) is 0 Å². The Labute approximate surface area is 123 Å². The highest BCUT2D eigenvalue weighted by atomic mass is 16.5. The van der Waals surface area contributed by atoms with Crippen LogP contribution in [0.2, 0.25) is 0 Å². The summed E-state index contributed by atoms with van der Waals surface area (Å²) in [5.74, 6) is 0.570. The molecule has 2 aromatic rings. The molecule has 0 unspecified atom stereocenters. The minimum absolute atomic E-state index is 0.169. The van der Waals surface area contributed by atoms with Crippen molar-refractivity contribution in [3.8, 4) is 5.75 Å². The van der Waals surface area contributed by atoms with E-state index in [9.17, 15) is 9.90 Å². The van der Waals surface area contributed by atoms with Crippen LogP contribution in [0.4, 0.5) is 10.5 Å². The number of ether oxygens (including phenoxy) is 2. The zero-order chi connectivity index (χ0) is 15.1. The van der Waals surface area contributed by atoms with Gasteiger partial charge in [0.05, 0.1) is 13.7 Å². The number of benzene rings is 2. The Hall–Kier alpha value is -2.53. The number of rotatable bonds is 5. The minimum atomic E-state index is -0.548. The number of aliphatic hydroxyl groups is 1. The molecule has 0 fully saturated rings. The van der Waals surface area contributed by atoms with E-state index in [1.807, 2.05) is 30.3 Å². The molecule has 0 aromatic heterocycles. The van der Waals surface area contributed by atoms with Gasteiger partial charge < -0.3 is 14.6 Å². The molecule has 21 heavy (non-hydrogen) atoms. The Morgan fingerprint density at radius 3 is 2.62 bits per heavy atom. The van der Waals surface area contributed by atoms with Crippen molar-refractivity contribution < 1.29 is 19.4 Å². The second kappa shape index (κ2) is 7.31. The smallest absolute Gasteiger partial charge is 0.411 e. The van der Waals surface area contributed by atoms with Crippen LogP contribution in [-0.4, -0.2) is 18.3 Å². The summed E-state index contributed by atoms with van der Waals surface area (Å²) >= 11 is 0. The minimum Gasteiger partial charge on any atom is -0.496 e. The third kappa shape index (κ3) is 4.22. The summed E-state index contributed by atoms with van der Waals surface area (Å²) in [5, 5.41) is 11.8. The molecule has 2 N–H and O–H groups in total. The zero-order valence-corrected chi connectivity index (χ0v) is 11.7. The molecule has 0 heterocycles. The average Bonchev–Trinajstić information content (AvgIpc) is 2.53. The van der Waals surface area contributed by atoms with E-state index >= 15 is 0 Å². The third-order valence-electron chi connectivity index (χ3n) is 2.91. The number of aliphatic hydroxyl groups excluding tert-OH is 1. The lowest BCUT2D eigenvalue weighted by atomic mass is 10.2. The number of carbonyl (C=O) groups is 1. The van der Waals surface area contributed by atoms with Crippen LogP contribution in [-0.2, 0) is 18.0 Å². The molecule has 110 valence electrons. The summed E-state index contributed by atoms with van der Waals surface area (Å²) in [6.07, 6.45) is -0.548. The van der Waals surface area contributed by atoms with Crippen LogP contribution < -0.4 is 10.1 Å². The van der Waals surface area contributed by atoms with E-state index in [0.717, 1.165) is 5.56 Å². The van der Waals surface area contributed by atoms with Gasteiger partial charge in [-0.15, -0.1) is 0 Å². The molecule has 0 aliphatic heterocycles. The maximum Gasteiger partial charge on any atom is 0.411 e. The Kier molecular flexibility index (Phi) is 5.17. The van der Waals surface area contributed by atoms with Crippen molar-refractivity contribution in [1.82, 2.24) is 0 Å². The standard InChI is InChI=1S/C16H17NO4/c1-20-15-8-7-14(9-13(15)10-18)17-16(19)21-11-12-5-3-2-4-6-12/h2-9,18H,10-11H2,1H3,(H,17,19). The van der Waals surface area contributed by atoms with Crippen molar-refractivity contribution in [2.24, 2.45) is 0 Å². The second-order valence-electron chi connectivity index (χ2n) is 4.37. The highest BCUT2D eigenvalue weighted by Gasteiger charge is 2.07. The van der Waals surface area contributed by atoms with Crippen LogP contribution in [0.1, 0.15) is 11.1 Å². The second-order valence-corrected chi connectivity index (χ2v) is 4.37. The van der Waals surface area contributed by atoms with Crippen molar-refractivity contribution in [3.05, 3.63) is 59.7 Å². The van der Waals surface area contributed by atoms with Crippen molar-refractivity contribution >= 4 is 11.8 Å². The Morgan fingerprint density at radius 1 is 1.19 bits per heavy atom. The van der Waals surface area contributed by atoms with Crippen LogP contribution in [0.3, 0.4) is 0 Å². The Morgan fingerprint density at radius 2 is 1.95 bits per heavy atom. The lowest BCUT2D eigenvalue weighted by Gasteiger charge is -2.10. The van der Waals surface area contributed by atoms with Crippen molar-refractivity contribution in [3.63, 3.8) is 0 Å². The van der Waals surface area contributed by atoms with E-state index in [1.165, 1.54) is 7.11 Å². The fraction of sp³-hybridized carbons (Fsp3) is 0.188. The number of hydrogen-bond acceptors (Lipinski definition) is 4. The molecule has 5 heteroatoms. The molecular weight excluding hydrogens is 270 g/mol. The quantitative estimate of drug-likeness (QED) is 0.887. The van der Waals surface area contributed by atoms with Gasteiger partial charge in [0.2, 0.25) is 0 Å². The number of carbonyl (C=O) groups excluding carboxylic acids is 1. The highest BCUT2D eigenvalue weighted by Crippen LogP contribution is 2.22. The molecule has 5 nitrogen and oxygen atoms in total. The van der Waals surface area contributed by atoms with Crippen LogP contribution in [0, 0.1) is 0 Å².